The van der Waals surface area contributed by atoms with Gasteiger partial charge in [0, 0.05) is 6.42 Å². The Labute approximate surface area is 127 Å². The van der Waals surface area contributed by atoms with Crippen LogP contribution in [0.5, 0.6) is 0 Å². The number of hydrogen-bond donors (Lipinski definition) is 1. The van der Waals surface area contributed by atoms with Crippen molar-refractivity contribution in [3.05, 3.63) is 0 Å². The van der Waals surface area contributed by atoms with Gasteiger partial charge in [0.2, 0.25) is 0 Å². The third-order valence-electron chi connectivity index (χ3n) is 4.07. The molecule has 0 fully saturated rings. The van der Waals surface area contributed by atoms with Gasteiger partial charge in [0.25, 0.3) is 6.23 Å². The minimum atomic E-state index is -0.359. The lowest BCUT2D eigenvalue weighted by Crippen LogP contribution is -2.20. The van der Waals surface area contributed by atoms with Crippen LogP contribution in [0.4, 0.5) is 0 Å². The number of aliphatic hydroxyl groups is 1. The molecule has 0 saturated carbocycles. The van der Waals surface area contributed by atoms with Gasteiger partial charge in [-0.25, -0.2) is 4.58 Å². The van der Waals surface area contributed by atoms with Crippen molar-refractivity contribution >= 4 is 6.72 Å². The summed E-state index contributed by atoms with van der Waals surface area (Å²) in [6.07, 6.45) is 18.3. The van der Waals surface area contributed by atoms with Crippen molar-refractivity contribution in [3.8, 4) is 0 Å². The summed E-state index contributed by atoms with van der Waals surface area (Å²) >= 11 is 0. The molecule has 0 radical (unpaired) electrons. The summed E-state index contributed by atoms with van der Waals surface area (Å²) in [5, 5.41) is 9.57. The Bertz CT molecular complexity index is 215. The van der Waals surface area contributed by atoms with Crippen LogP contribution in [0.3, 0.4) is 0 Å². The maximum absolute atomic E-state index is 9.57. The fraction of sp³-hybridized carbons (Fsp3) is 0.944. The molecule has 120 valence electrons. The molecule has 20 heavy (non-hydrogen) atoms. The Kier molecular flexibility index (Phi) is 14.7. The zero-order valence-electron chi connectivity index (χ0n) is 14.1. The minimum Gasteiger partial charge on any atom is -0.337 e. The normalized spacial score (nSPS) is 12.6. The van der Waals surface area contributed by atoms with Gasteiger partial charge in [0.1, 0.15) is 13.8 Å². The molecular formula is C18H38NO+. The third-order valence-corrected chi connectivity index (χ3v) is 4.07. The highest BCUT2D eigenvalue weighted by atomic mass is 16.3. The van der Waals surface area contributed by atoms with Crippen LogP contribution >= 0.6 is 0 Å². The van der Waals surface area contributed by atoms with Crippen LogP contribution in [0.2, 0.25) is 0 Å². The smallest absolute Gasteiger partial charge is 0.253 e. The molecule has 0 aromatic rings. The average Bonchev–Trinajstić information content (AvgIpc) is 2.43. The van der Waals surface area contributed by atoms with E-state index < -0.39 is 0 Å². The van der Waals surface area contributed by atoms with Crippen molar-refractivity contribution in [1.82, 2.24) is 0 Å². The topological polar surface area (TPSA) is 23.2 Å². The monoisotopic (exact) mass is 284 g/mol. The molecule has 1 atom stereocenters. The van der Waals surface area contributed by atoms with E-state index in [1.165, 1.54) is 77.0 Å². The lowest BCUT2D eigenvalue weighted by Gasteiger charge is -2.05. The fourth-order valence-corrected chi connectivity index (χ4v) is 2.57. The molecule has 0 spiro atoms. The molecule has 0 aliphatic rings. The van der Waals surface area contributed by atoms with Crippen LogP contribution in [0.25, 0.3) is 0 Å². The summed E-state index contributed by atoms with van der Waals surface area (Å²) in [6.45, 7) is 5.98. The highest BCUT2D eigenvalue weighted by molar-refractivity contribution is 5.14. The second kappa shape index (κ2) is 15.0. The summed E-state index contributed by atoms with van der Waals surface area (Å²) in [6, 6.07) is 0. The van der Waals surface area contributed by atoms with Crippen molar-refractivity contribution in [2.45, 2.75) is 103 Å². The average molecular weight is 285 g/mol. The molecule has 0 aromatic heterocycles. The van der Waals surface area contributed by atoms with Gasteiger partial charge >= 0.3 is 0 Å². The standard InChI is InChI=1S/C18H38NO/c1-4-5-6-7-8-9-10-11-12-13-14-15-16-17-18(20)19(2)3/h18,20H,2,4-17H2,1,3H3/q+1. The Morgan fingerprint density at radius 1 is 0.750 bits per heavy atom. The van der Waals surface area contributed by atoms with E-state index in [4.69, 9.17) is 0 Å². The Hall–Kier alpha value is -0.370. The Morgan fingerprint density at radius 2 is 1.10 bits per heavy atom. The van der Waals surface area contributed by atoms with Gasteiger partial charge in [-0.2, -0.15) is 0 Å². The van der Waals surface area contributed by atoms with E-state index in [1.54, 1.807) is 4.58 Å². The van der Waals surface area contributed by atoms with Gasteiger partial charge in [-0.15, -0.1) is 0 Å². The van der Waals surface area contributed by atoms with E-state index in [0.717, 1.165) is 12.8 Å². The quantitative estimate of drug-likeness (QED) is 0.192. The van der Waals surface area contributed by atoms with Crippen LogP contribution in [-0.4, -0.2) is 29.7 Å². The molecule has 0 heterocycles. The first-order chi connectivity index (χ1) is 9.68. The molecule has 0 saturated heterocycles. The molecule has 0 aromatic carbocycles. The predicted octanol–water partition coefficient (Wildman–Crippen LogP) is 5.13. The molecule has 0 amide bonds. The van der Waals surface area contributed by atoms with Crippen molar-refractivity contribution in [2.24, 2.45) is 0 Å². The molecule has 2 heteroatoms. The number of rotatable bonds is 15. The van der Waals surface area contributed by atoms with Crippen molar-refractivity contribution in [2.75, 3.05) is 7.05 Å². The number of hydrogen-bond acceptors (Lipinski definition) is 1. The van der Waals surface area contributed by atoms with E-state index in [0.29, 0.717) is 0 Å². The largest absolute Gasteiger partial charge is 0.337 e. The summed E-state index contributed by atoms with van der Waals surface area (Å²) < 4.78 is 1.64. The summed E-state index contributed by atoms with van der Waals surface area (Å²) in [5.74, 6) is 0. The molecule has 1 unspecified atom stereocenters. The van der Waals surface area contributed by atoms with Gasteiger partial charge < -0.3 is 5.11 Å². The van der Waals surface area contributed by atoms with Gasteiger partial charge in [-0.3, -0.25) is 0 Å². The fourth-order valence-electron chi connectivity index (χ4n) is 2.57. The second-order valence-corrected chi connectivity index (χ2v) is 6.27. The molecule has 0 aliphatic heterocycles. The Balaban J connectivity index is 3.04. The SMILES string of the molecule is C=[N+](C)C(O)CCCCCCCCCCCCCCC. The van der Waals surface area contributed by atoms with Crippen LogP contribution < -0.4 is 0 Å². The van der Waals surface area contributed by atoms with Crippen LogP contribution in [-0.2, 0) is 0 Å². The van der Waals surface area contributed by atoms with Gasteiger partial charge in [-0.05, 0) is 6.42 Å². The maximum atomic E-state index is 9.57. The third kappa shape index (κ3) is 14.0. The van der Waals surface area contributed by atoms with Crippen LogP contribution in [0.15, 0.2) is 0 Å². The van der Waals surface area contributed by atoms with Crippen molar-refractivity contribution in [3.63, 3.8) is 0 Å². The number of unbranched alkanes of at least 4 members (excludes halogenated alkanes) is 12. The number of nitrogens with zero attached hydrogens (tertiary/aromatic N) is 1. The number of aliphatic hydroxyl groups excluding tert-OH is 1. The second-order valence-electron chi connectivity index (χ2n) is 6.27. The molecule has 1 N–H and O–H groups in total. The van der Waals surface area contributed by atoms with Crippen LogP contribution in [0.1, 0.15) is 96.8 Å². The first kappa shape index (κ1) is 19.6. The first-order valence-electron chi connectivity index (χ1n) is 8.90. The van der Waals surface area contributed by atoms with E-state index in [9.17, 15) is 5.11 Å². The van der Waals surface area contributed by atoms with E-state index in [2.05, 4.69) is 13.6 Å². The zero-order chi connectivity index (χ0) is 15.1. The molecule has 0 bridgehead atoms. The molecule has 2 nitrogen and oxygen atoms in total. The minimum absolute atomic E-state index is 0.359. The zero-order valence-corrected chi connectivity index (χ0v) is 14.1. The van der Waals surface area contributed by atoms with E-state index in [-0.39, 0.29) is 6.23 Å². The van der Waals surface area contributed by atoms with Gasteiger partial charge in [0.05, 0.1) is 0 Å². The molecule has 0 rings (SSSR count). The van der Waals surface area contributed by atoms with Crippen molar-refractivity contribution < 1.29 is 9.68 Å². The predicted molar refractivity (Wildman–Crippen MR) is 89.6 cm³/mol. The summed E-state index contributed by atoms with van der Waals surface area (Å²) in [7, 11) is 1.83. The van der Waals surface area contributed by atoms with Gasteiger partial charge in [-0.1, -0.05) is 84.0 Å². The highest BCUT2D eigenvalue weighted by Gasteiger charge is 2.08. The van der Waals surface area contributed by atoms with E-state index in [1.807, 2.05) is 7.05 Å². The molecular weight excluding hydrogens is 246 g/mol. The lowest BCUT2D eigenvalue weighted by atomic mass is 10.0. The van der Waals surface area contributed by atoms with E-state index >= 15 is 0 Å². The van der Waals surface area contributed by atoms with Gasteiger partial charge in [0.15, 0.2) is 0 Å². The Morgan fingerprint density at radius 3 is 1.45 bits per heavy atom. The first-order valence-corrected chi connectivity index (χ1v) is 8.90. The lowest BCUT2D eigenvalue weighted by molar-refractivity contribution is -0.578. The van der Waals surface area contributed by atoms with Crippen LogP contribution in [0, 0.1) is 0 Å². The summed E-state index contributed by atoms with van der Waals surface area (Å²) in [4.78, 5) is 0. The summed E-state index contributed by atoms with van der Waals surface area (Å²) in [5.41, 5.74) is 0. The highest BCUT2D eigenvalue weighted by Crippen LogP contribution is 2.13. The molecule has 0 aliphatic carbocycles. The van der Waals surface area contributed by atoms with Crippen molar-refractivity contribution in [1.29, 1.82) is 0 Å². The maximum Gasteiger partial charge on any atom is 0.253 e.